The number of nitrogens with one attached hydrogen (secondary N) is 2. The Kier molecular flexibility index (Phi) is 7.45. The second-order valence-electron chi connectivity index (χ2n) is 5.78. The summed E-state index contributed by atoms with van der Waals surface area (Å²) in [5, 5.41) is 6.23. The van der Waals surface area contributed by atoms with Crippen LogP contribution < -0.4 is 15.4 Å². The summed E-state index contributed by atoms with van der Waals surface area (Å²) in [6.45, 7) is -0.293. The largest absolute Gasteiger partial charge is 0.484 e. The van der Waals surface area contributed by atoms with Gasteiger partial charge in [0.1, 0.15) is 11.6 Å². The highest BCUT2D eigenvalue weighted by atomic mass is 19.4. The number of benzene rings is 2. The minimum Gasteiger partial charge on any atom is -0.484 e. The van der Waals surface area contributed by atoms with E-state index in [0.717, 1.165) is 11.1 Å². The van der Waals surface area contributed by atoms with Crippen molar-refractivity contribution in [3.05, 3.63) is 65.5 Å². The Bertz CT molecular complexity index is 745. The molecule has 0 radical (unpaired) electrons. The van der Waals surface area contributed by atoms with Crippen molar-refractivity contribution in [1.29, 1.82) is 0 Å². The number of alkyl halides is 3. The number of guanidine groups is 1. The predicted octanol–water partition coefficient (Wildman–Crippen LogP) is 3.67. The fourth-order valence-electron chi connectivity index (χ4n) is 2.29. The van der Waals surface area contributed by atoms with Gasteiger partial charge in [-0.1, -0.05) is 24.3 Å². The van der Waals surface area contributed by atoms with Gasteiger partial charge in [-0.25, -0.2) is 4.39 Å². The molecule has 8 heteroatoms. The quantitative estimate of drug-likeness (QED) is 0.436. The molecule has 2 aromatic carbocycles. The lowest BCUT2D eigenvalue weighted by Gasteiger charge is -2.13. The van der Waals surface area contributed by atoms with Crippen molar-refractivity contribution in [3.8, 4) is 5.75 Å². The molecule has 0 aliphatic carbocycles. The van der Waals surface area contributed by atoms with E-state index in [1.807, 2.05) is 6.07 Å². The molecule has 0 bridgehead atoms. The Balaban J connectivity index is 1.75. The van der Waals surface area contributed by atoms with Crippen LogP contribution in [0.4, 0.5) is 17.6 Å². The smallest absolute Gasteiger partial charge is 0.422 e. The molecule has 0 aliphatic rings. The van der Waals surface area contributed by atoms with Gasteiger partial charge in [-0.3, -0.25) is 4.99 Å². The minimum atomic E-state index is -4.36. The predicted molar refractivity (Wildman–Crippen MR) is 96.3 cm³/mol. The monoisotopic (exact) mass is 383 g/mol. The molecule has 2 rings (SSSR count). The average Bonchev–Trinajstić information content (AvgIpc) is 2.63. The first kappa shape index (κ1) is 20.5. The molecule has 0 aromatic heterocycles. The molecule has 0 atom stereocenters. The first-order valence-corrected chi connectivity index (χ1v) is 8.33. The maximum Gasteiger partial charge on any atom is 0.422 e. The van der Waals surface area contributed by atoms with Crippen molar-refractivity contribution >= 4 is 5.96 Å². The van der Waals surface area contributed by atoms with E-state index < -0.39 is 12.8 Å². The fourth-order valence-corrected chi connectivity index (χ4v) is 2.29. The molecular formula is C19H21F4N3O. The SMILES string of the molecule is CN=C(NCCc1cccc(F)c1)NCc1ccc(OCC(F)(F)F)cc1. The summed E-state index contributed by atoms with van der Waals surface area (Å²) in [7, 11) is 1.63. The van der Waals surface area contributed by atoms with Crippen molar-refractivity contribution < 1.29 is 22.3 Å². The fraction of sp³-hybridized carbons (Fsp3) is 0.316. The van der Waals surface area contributed by atoms with Gasteiger partial charge in [0.05, 0.1) is 0 Å². The number of hydrogen-bond donors (Lipinski definition) is 2. The third-order valence-electron chi connectivity index (χ3n) is 3.60. The Labute approximate surface area is 155 Å². The normalized spacial score (nSPS) is 12.0. The van der Waals surface area contributed by atoms with Crippen LogP contribution in [-0.2, 0) is 13.0 Å². The standard InChI is InChI=1S/C19H21F4N3O/c1-24-18(25-10-9-14-3-2-4-16(20)11-14)26-12-15-5-7-17(8-6-15)27-13-19(21,22)23/h2-8,11H,9-10,12-13H2,1H3,(H2,24,25,26). The summed E-state index contributed by atoms with van der Waals surface area (Å²) in [6.07, 6.45) is -3.71. The van der Waals surface area contributed by atoms with Crippen LogP contribution in [0.25, 0.3) is 0 Å². The van der Waals surface area contributed by atoms with Gasteiger partial charge >= 0.3 is 6.18 Å². The van der Waals surface area contributed by atoms with Gasteiger partial charge in [-0.2, -0.15) is 13.2 Å². The van der Waals surface area contributed by atoms with Crippen LogP contribution in [0, 0.1) is 5.82 Å². The van der Waals surface area contributed by atoms with Crippen LogP contribution >= 0.6 is 0 Å². The van der Waals surface area contributed by atoms with E-state index in [1.54, 1.807) is 25.2 Å². The molecule has 0 saturated heterocycles. The second kappa shape index (κ2) is 9.80. The zero-order valence-electron chi connectivity index (χ0n) is 14.8. The maximum atomic E-state index is 13.1. The van der Waals surface area contributed by atoms with E-state index in [1.165, 1.54) is 24.3 Å². The lowest BCUT2D eigenvalue weighted by Crippen LogP contribution is -2.37. The molecule has 146 valence electrons. The number of hydrogen-bond acceptors (Lipinski definition) is 2. The topological polar surface area (TPSA) is 45.7 Å². The lowest BCUT2D eigenvalue weighted by molar-refractivity contribution is -0.153. The van der Waals surface area contributed by atoms with Crippen molar-refractivity contribution in [3.63, 3.8) is 0 Å². The first-order chi connectivity index (χ1) is 12.9. The number of ether oxygens (including phenoxy) is 1. The molecule has 2 aromatic rings. The Morgan fingerprint density at radius 1 is 1.04 bits per heavy atom. The highest BCUT2D eigenvalue weighted by molar-refractivity contribution is 5.79. The number of halogens is 4. The lowest BCUT2D eigenvalue weighted by atomic mass is 10.1. The molecule has 0 saturated carbocycles. The molecule has 0 heterocycles. The maximum absolute atomic E-state index is 13.1. The molecule has 0 spiro atoms. The van der Waals surface area contributed by atoms with E-state index in [4.69, 9.17) is 0 Å². The van der Waals surface area contributed by atoms with Crippen LogP contribution in [-0.4, -0.2) is 32.3 Å². The van der Waals surface area contributed by atoms with Gasteiger partial charge in [-0.15, -0.1) is 0 Å². The van der Waals surface area contributed by atoms with Gasteiger partial charge in [0, 0.05) is 20.1 Å². The molecule has 0 aliphatic heterocycles. The van der Waals surface area contributed by atoms with E-state index in [2.05, 4.69) is 20.4 Å². The van der Waals surface area contributed by atoms with Crippen LogP contribution in [0.2, 0.25) is 0 Å². The van der Waals surface area contributed by atoms with E-state index >= 15 is 0 Å². The summed E-state index contributed by atoms with van der Waals surface area (Å²) >= 11 is 0. The van der Waals surface area contributed by atoms with Crippen molar-refractivity contribution in [2.24, 2.45) is 4.99 Å². The molecule has 4 nitrogen and oxygen atoms in total. The zero-order chi connectivity index (χ0) is 19.7. The Morgan fingerprint density at radius 3 is 2.41 bits per heavy atom. The van der Waals surface area contributed by atoms with E-state index in [9.17, 15) is 17.6 Å². The number of rotatable bonds is 7. The summed E-state index contributed by atoms with van der Waals surface area (Å²) in [5.74, 6) is 0.468. The van der Waals surface area contributed by atoms with E-state index in [0.29, 0.717) is 25.5 Å². The number of aliphatic imine (C=N–C) groups is 1. The van der Waals surface area contributed by atoms with Gasteiger partial charge in [-0.05, 0) is 41.8 Å². The van der Waals surface area contributed by atoms with Crippen LogP contribution in [0.15, 0.2) is 53.5 Å². The van der Waals surface area contributed by atoms with Crippen molar-refractivity contribution in [2.45, 2.75) is 19.1 Å². The van der Waals surface area contributed by atoms with Gasteiger partial charge in [0.15, 0.2) is 12.6 Å². The first-order valence-electron chi connectivity index (χ1n) is 8.33. The van der Waals surface area contributed by atoms with E-state index in [-0.39, 0.29) is 11.6 Å². The zero-order valence-corrected chi connectivity index (χ0v) is 14.8. The Hall–Kier alpha value is -2.77. The highest BCUT2D eigenvalue weighted by Crippen LogP contribution is 2.18. The molecule has 0 amide bonds. The summed E-state index contributed by atoms with van der Waals surface area (Å²) < 4.78 is 54.2. The minimum absolute atomic E-state index is 0.161. The molecule has 27 heavy (non-hydrogen) atoms. The molecule has 2 N–H and O–H groups in total. The third-order valence-corrected chi connectivity index (χ3v) is 3.60. The van der Waals surface area contributed by atoms with Crippen LogP contribution in [0.3, 0.4) is 0 Å². The van der Waals surface area contributed by atoms with Crippen molar-refractivity contribution in [1.82, 2.24) is 10.6 Å². The Morgan fingerprint density at radius 2 is 1.78 bits per heavy atom. The van der Waals surface area contributed by atoms with Crippen LogP contribution in [0.5, 0.6) is 5.75 Å². The summed E-state index contributed by atoms with van der Waals surface area (Å²) in [6, 6.07) is 12.7. The van der Waals surface area contributed by atoms with Gasteiger partial charge < -0.3 is 15.4 Å². The highest BCUT2D eigenvalue weighted by Gasteiger charge is 2.28. The van der Waals surface area contributed by atoms with Gasteiger partial charge in [0.25, 0.3) is 0 Å². The average molecular weight is 383 g/mol. The molecular weight excluding hydrogens is 362 g/mol. The summed E-state index contributed by atoms with van der Waals surface area (Å²) in [4.78, 5) is 4.10. The van der Waals surface area contributed by atoms with Gasteiger partial charge in [0.2, 0.25) is 0 Å². The van der Waals surface area contributed by atoms with Crippen molar-refractivity contribution in [2.75, 3.05) is 20.2 Å². The number of nitrogens with zero attached hydrogens (tertiary/aromatic N) is 1. The molecule has 0 unspecified atom stereocenters. The third kappa shape index (κ3) is 7.98. The van der Waals surface area contributed by atoms with Crippen LogP contribution in [0.1, 0.15) is 11.1 Å². The summed E-state index contributed by atoms with van der Waals surface area (Å²) in [5.41, 5.74) is 1.75. The second-order valence-corrected chi connectivity index (χ2v) is 5.78. The molecule has 0 fully saturated rings.